The van der Waals surface area contributed by atoms with E-state index >= 15 is 0 Å². The fourth-order valence-corrected chi connectivity index (χ4v) is 1.51. The summed E-state index contributed by atoms with van der Waals surface area (Å²) in [6.45, 7) is 0.387. The number of benzene rings is 2. The molecule has 2 rings (SSSR count). The Kier molecular flexibility index (Phi) is 3.50. The van der Waals surface area contributed by atoms with Gasteiger partial charge in [-0.05, 0) is 17.7 Å². The van der Waals surface area contributed by atoms with Crippen molar-refractivity contribution >= 4 is 5.84 Å². The van der Waals surface area contributed by atoms with Gasteiger partial charge in [-0.3, -0.25) is 4.99 Å². The SMILES string of the molecule is NC(=NCc1cccc(F)c1)c1ccccc1. The first-order valence-electron chi connectivity index (χ1n) is 5.35. The molecule has 0 fully saturated rings. The zero-order valence-electron chi connectivity index (χ0n) is 9.31. The van der Waals surface area contributed by atoms with Crippen molar-refractivity contribution in [3.05, 3.63) is 71.5 Å². The number of nitrogens with two attached hydrogens (primary N) is 1. The molecular formula is C14H13FN2. The van der Waals surface area contributed by atoms with Crippen molar-refractivity contribution < 1.29 is 4.39 Å². The van der Waals surface area contributed by atoms with Crippen LogP contribution in [0.2, 0.25) is 0 Å². The molecule has 0 heterocycles. The molecule has 0 radical (unpaired) electrons. The average Bonchev–Trinajstić information content (AvgIpc) is 2.37. The van der Waals surface area contributed by atoms with Crippen molar-refractivity contribution in [2.75, 3.05) is 0 Å². The molecule has 2 aromatic rings. The minimum Gasteiger partial charge on any atom is -0.383 e. The van der Waals surface area contributed by atoms with Gasteiger partial charge in [0.25, 0.3) is 0 Å². The summed E-state index contributed by atoms with van der Waals surface area (Å²) in [5.41, 5.74) is 7.52. The molecule has 0 bridgehead atoms. The second-order valence-corrected chi connectivity index (χ2v) is 3.70. The molecule has 17 heavy (non-hydrogen) atoms. The lowest BCUT2D eigenvalue weighted by atomic mass is 10.2. The highest BCUT2D eigenvalue weighted by Crippen LogP contribution is 2.06. The zero-order valence-corrected chi connectivity index (χ0v) is 9.31. The van der Waals surface area contributed by atoms with Crippen LogP contribution < -0.4 is 5.73 Å². The standard InChI is InChI=1S/C14H13FN2/c15-13-8-4-5-11(9-13)10-17-14(16)12-6-2-1-3-7-12/h1-9H,10H2,(H2,16,17). The summed E-state index contributed by atoms with van der Waals surface area (Å²) in [5.74, 6) is 0.214. The molecule has 3 heteroatoms. The van der Waals surface area contributed by atoms with Crippen LogP contribution in [0.1, 0.15) is 11.1 Å². The van der Waals surface area contributed by atoms with Crippen LogP contribution in [0.5, 0.6) is 0 Å². The van der Waals surface area contributed by atoms with E-state index in [4.69, 9.17) is 5.73 Å². The molecule has 0 aromatic heterocycles. The molecule has 2 aromatic carbocycles. The second-order valence-electron chi connectivity index (χ2n) is 3.70. The maximum absolute atomic E-state index is 12.9. The number of halogens is 1. The van der Waals surface area contributed by atoms with E-state index in [0.717, 1.165) is 11.1 Å². The number of hydrogen-bond donors (Lipinski definition) is 1. The first kappa shape index (κ1) is 11.3. The molecule has 0 saturated heterocycles. The lowest BCUT2D eigenvalue weighted by Gasteiger charge is -2.01. The molecule has 0 saturated carbocycles. The van der Waals surface area contributed by atoms with E-state index in [0.29, 0.717) is 12.4 Å². The highest BCUT2D eigenvalue weighted by Gasteiger charge is 1.97. The topological polar surface area (TPSA) is 38.4 Å². The zero-order chi connectivity index (χ0) is 12.1. The Balaban J connectivity index is 2.11. The average molecular weight is 228 g/mol. The quantitative estimate of drug-likeness (QED) is 0.636. The van der Waals surface area contributed by atoms with Crippen LogP contribution in [0.15, 0.2) is 59.6 Å². The molecule has 2 N–H and O–H groups in total. The largest absolute Gasteiger partial charge is 0.383 e. The van der Waals surface area contributed by atoms with E-state index in [1.54, 1.807) is 6.07 Å². The van der Waals surface area contributed by atoms with Crippen molar-refractivity contribution in [3.8, 4) is 0 Å². The Morgan fingerprint density at radius 2 is 1.82 bits per heavy atom. The van der Waals surface area contributed by atoms with Gasteiger partial charge in [0.2, 0.25) is 0 Å². The number of nitrogens with zero attached hydrogens (tertiary/aromatic N) is 1. The summed E-state index contributed by atoms with van der Waals surface area (Å²) in [6.07, 6.45) is 0. The number of rotatable bonds is 3. The molecule has 2 nitrogen and oxygen atoms in total. The monoisotopic (exact) mass is 228 g/mol. The Morgan fingerprint density at radius 3 is 2.53 bits per heavy atom. The maximum atomic E-state index is 12.9. The van der Waals surface area contributed by atoms with Gasteiger partial charge in [0, 0.05) is 5.56 Å². The molecular weight excluding hydrogens is 215 g/mol. The van der Waals surface area contributed by atoms with Crippen molar-refractivity contribution in [2.24, 2.45) is 10.7 Å². The first-order chi connectivity index (χ1) is 8.25. The van der Waals surface area contributed by atoms with Crippen molar-refractivity contribution in [2.45, 2.75) is 6.54 Å². The maximum Gasteiger partial charge on any atom is 0.125 e. The van der Waals surface area contributed by atoms with E-state index < -0.39 is 0 Å². The fourth-order valence-electron chi connectivity index (χ4n) is 1.51. The Bertz CT molecular complexity index is 521. The number of hydrogen-bond acceptors (Lipinski definition) is 1. The highest BCUT2D eigenvalue weighted by atomic mass is 19.1. The smallest absolute Gasteiger partial charge is 0.125 e. The van der Waals surface area contributed by atoms with Crippen molar-refractivity contribution in [1.82, 2.24) is 0 Å². The molecule has 0 unspecified atom stereocenters. The molecule has 0 atom stereocenters. The van der Waals surface area contributed by atoms with E-state index in [2.05, 4.69) is 4.99 Å². The summed E-state index contributed by atoms with van der Waals surface area (Å²) in [4.78, 5) is 4.23. The summed E-state index contributed by atoms with van der Waals surface area (Å²) in [6, 6.07) is 15.9. The van der Waals surface area contributed by atoms with E-state index in [1.807, 2.05) is 36.4 Å². The van der Waals surface area contributed by atoms with Gasteiger partial charge < -0.3 is 5.73 Å². The molecule has 0 aliphatic carbocycles. The normalized spacial score (nSPS) is 11.5. The van der Waals surface area contributed by atoms with Gasteiger partial charge in [-0.2, -0.15) is 0 Å². The van der Waals surface area contributed by atoms with Crippen LogP contribution >= 0.6 is 0 Å². The molecule has 0 aliphatic rings. The van der Waals surface area contributed by atoms with E-state index in [-0.39, 0.29) is 5.82 Å². The second kappa shape index (κ2) is 5.25. The van der Waals surface area contributed by atoms with E-state index in [1.165, 1.54) is 12.1 Å². The van der Waals surface area contributed by atoms with Gasteiger partial charge >= 0.3 is 0 Å². The van der Waals surface area contributed by atoms with Gasteiger partial charge in [-0.25, -0.2) is 4.39 Å². The first-order valence-corrected chi connectivity index (χ1v) is 5.35. The van der Waals surface area contributed by atoms with Gasteiger partial charge in [-0.1, -0.05) is 42.5 Å². The van der Waals surface area contributed by atoms with Crippen LogP contribution in [-0.2, 0) is 6.54 Å². The van der Waals surface area contributed by atoms with Gasteiger partial charge in [-0.15, -0.1) is 0 Å². The summed E-state index contributed by atoms with van der Waals surface area (Å²) < 4.78 is 12.9. The van der Waals surface area contributed by atoms with Crippen LogP contribution in [0.3, 0.4) is 0 Å². The Hall–Kier alpha value is -2.16. The highest BCUT2D eigenvalue weighted by molar-refractivity contribution is 5.97. The number of amidine groups is 1. The van der Waals surface area contributed by atoms with Crippen molar-refractivity contribution in [1.29, 1.82) is 0 Å². The third-order valence-corrected chi connectivity index (χ3v) is 2.39. The van der Waals surface area contributed by atoms with E-state index in [9.17, 15) is 4.39 Å². The van der Waals surface area contributed by atoms with Crippen LogP contribution in [0.4, 0.5) is 4.39 Å². The molecule has 0 amide bonds. The summed E-state index contributed by atoms with van der Waals surface area (Å²) in [7, 11) is 0. The molecule has 0 aliphatic heterocycles. The van der Waals surface area contributed by atoms with Gasteiger partial charge in [0.05, 0.1) is 6.54 Å². The molecule has 0 spiro atoms. The van der Waals surface area contributed by atoms with Crippen molar-refractivity contribution in [3.63, 3.8) is 0 Å². The van der Waals surface area contributed by atoms with Crippen LogP contribution in [-0.4, -0.2) is 5.84 Å². The summed E-state index contributed by atoms with van der Waals surface area (Å²) in [5, 5.41) is 0. The number of aliphatic imine (C=N–C) groups is 1. The molecule has 86 valence electrons. The Labute approximate surface area is 99.6 Å². The van der Waals surface area contributed by atoms with Gasteiger partial charge in [0.1, 0.15) is 11.7 Å². The minimum absolute atomic E-state index is 0.254. The minimum atomic E-state index is -0.254. The lowest BCUT2D eigenvalue weighted by Crippen LogP contribution is -2.13. The van der Waals surface area contributed by atoms with Crippen LogP contribution in [0, 0.1) is 5.82 Å². The third-order valence-electron chi connectivity index (χ3n) is 2.39. The fraction of sp³-hybridized carbons (Fsp3) is 0.0714. The Morgan fingerprint density at radius 1 is 1.06 bits per heavy atom. The predicted octanol–water partition coefficient (Wildman–Crippen LogP) is 2.73. The predicted molar refractivity (Wildman–Crippen MR) is 67.3 cm³/mol. The van der Waals surface area contributed by atoms with Crippen LogP contribution in [0.25, 0.3) is 0 Å². The summed E-state index contributed by atoms with van der Waals surface area (Å²) >= 11 is 0. The van der Waals surface area contributed by atoms with Gasteiger partial charge in [0.15, 0.2) is 0 Å². The lowest BCUT2D eigenvalue weighted by molar-refractivity contribution is 0.625. The third kappa shape index (κ3) is 3.14.